The molecule has 1 aliphatic heterocycles. The van der Waals surface area contributed by atoms with Crippen molar-refractivity contribution in [3.05, 3.63) is 99.5 Å². The van der Waals surface area contributed by atoms with Gasteiger partial charge in [-0.2, -0.15) is 0 Å². The first-order valence-corrected chi connectivity index (χ1v) is 14.4. The maximum absolute atomic E-state index is 13.1. The van der Waals surface area contributed by atoms with Crippen molar-refractivity contribution in [1.82, 2.24) is 9.88 Å². The summed E-state index contributed by atoms with van der Waals surface area (Å²) in [6.07, 6.45) is 2.58. The number of amides is 2. The quantitative estimate of drug-likeness (QED) is 0.251. The SMILES string of the molecule is CCc1ccc(-c2ccccc2NC(=O)c2csc(C3CCN(C(=O)COc4cccc(Cl)c4)CC3)n2)cc1. The number of likely N-dealkylation sites (tertiary alicyclic amines) is 1. The van der Waals surface area contributed by atoms with Crippen LogP contribution in [0.3, 0.4) is 0 Å². The van der Waals surface area contributed by atoms with E-state index in [1.807, 2.05) is 34.5 Å². The summed E-state index contributed by atoms with van der Waals surface area (Å²) in [5.41, 5.74) is 4.48. The van der Waals surface area contributed by atoms with Gasteiger partial charge in [-0.1, -0.05) is 67.1 Å². The van der Waals surface area contributed by atoms with Crippen molar-refractivity contribution in [3.63, 3.8) is 0 Å². The minimum atomic E-state index is -0.221. The predicted octanol–water partition coefficient (Wildman–Crippen LogP) is 7.06. The number of anilines is 1. The highest BCUT2D eigenvalue weighted by Crippen LogP contribution is 2.32. The van der Waals surface area contributed by atoms with Gasteiger partial charge in [-0.25, -0.2) is 4.98 Å². The molecule has 0 spiro atoms. The molecule has 4 aromatic rings. The molecule has 0 radical (unpaired) electrons. The average molecular weight is 560 g/mol. The van der Waals surface area contributed by atoms with Crippen molar-refractivity contribution in [2.24, 2.45) is 0 Å². The van der Waals surface area contributed by atoms with Gasteiger partial charge < -0.3 is 15.0 Å². The van der Waals surface area contributed by atoms with Crippen molar-refractivity contribution < 1.29 is 14.3 Å². The van der Waals surface area contributed by atoms with Gasteiger partial charge in [0.25, 0.3) is 11.8 Å². The second-order valence-corrected chi connectivity index (χ2v) is 10.8. The van der Waals surface area contributed by atoms with Gasteiger partial charge in [0, 0.05) is 40.7 Å². The largest absolute Gasteiger partial charge is 0.484 e. The number of aromatic nitrogens is 1. The predicted molar refractivity (Wildman–Crippen MR) is 157 cm³/mol. The van der Waals surface area contributed by atoms with Crippen LogP contribution < -0.4 is 10.1 Å². The molecule has 5 rings (SSSR count). The van der Waals surface area contributed by atoms with E-state index >= 15 is 0 Å². The number of ether oxygens (including phenoxy) is 1. The van der Waals surface area contributed by atoms with Gasteiger partial charge in [-0.15, -0.1) is 11.3 Å². The maximum Gasteiger partial charge on any atom is 0.275 e. The lowest BCUT2D eigenvalue weighted by Gasteiger charge is -2.31. The number of aryl methyl sites for hydroxylation is 1. The molecule has 2 heterocycles. The molecular formula is C31H30ClN3O3S. The summed E-state index contributed by atoms with van der Waals surface area (Å²) in [4.78, 5) is 32.2. The number of piperidine rings is 1. The zero-order valence-electron chi connectivity index (χ0n) is 21.7. The highest BCUT2D eigenvalue weighted by molar-refractivity contribution is 7.10. The topological polar surface area (TPSA) is 71.5 Å². The van der Waals surface area contributed by atoms with Crippen LogP contribution in [0.25, 0.3) is 11.1 Å². The fourth-order valence-electron chi connectivity index (χ4n) is 4.70. The van der Waals surface area contributed by atoms with Crippen LogP contribution in [-0.4, -0.2) is 41.4 Å². The van der Waals surface area contributed by atoms with E-state index in [1.165, 1.54) is 16.9 Å². The summed E-state index contributed by atoms with van der Waals surface area (Å²) in [7, 11) is 0. The first-order valence-electron chi connectivity index (χ1n) is 13.1. The molecule has 8 heteroatoms. The second kappa shape index (κ2) is 12.5. The van der Waals surface area contributed by atoms with Crippen molar-refractivity contribution in [2.45, 2.75) is 32.1 Å². The summed E-state index contributed by atoms with van der Waals surface area (Å²) in [6.45, 7) is 3.38. The molecule has 1 fully saturated rings. The lowest BCUT2D eigenvalue weighted by molar-refractivity contribution is -0.134. The third-order valence-corrected chi connectivity index (χ3v) is 8.20. The van der Waals surface area contributed by atoms with Gasteiger partial charge in [-0.3, -0.25) is 9.59 Å². The van der Waals surface area contributed by atoms with E-state index in [0.717, 1.165) is 41.1 Å². The van der Waals surface area contributed by atoms with E-state index in [0.29, 0.717) is 29.6 Å². The van der Waals surface area contributed by atoms with Crippen LogP contribution in [0.2, 0.25) is 5.02 Å². The lowest BCUT2D eigenvalue weighted by atomic mass is 9.97. The number of carbonyl (C=O) groups is 2. The molecule has 3 aromatic carbocycles. The van der Waals surface area contributed by atoms with E-state index in [-0.39, 0.29) is 24.3 Å². The summed E-state index contributed by atoms with van der Waals surface area (Å²) < 4.78 is 5.61. The Balaban J connectivity index is 1.16. The fraction of sp³-hybridized carbons (Fsp3) is 0.258. The van der Waals surface area contributed by atoms with Gasteiger partial charge in [0.05, 0.1) is 5.01 Å². The standard InChI is InChI=1S/C31H30ClN3O3S/c1-2-21-10-12-22(13-11-21)26-8-3-4-9-27(26)33-30(37)28-20-39-31(34-28)23-14-16-35(17-15-23)29(36)19-38-25-7-5-6-24(32)18-25/h3-13,18,20,23H,2,14-17,19H2,1H3,(H,33,37). The number of benzene rings is 3. The van der Waals surface area contributed by atoms with Crippen molar-refractivity contribution in [3.8, 4) is 16.9 Å². The Morgan fingerprint density at radius 1 is 1.05 bits per heavy atom. The summed E-state index contributed by atoms with van der Waals surface area (Å²) in [5, 5.41) is 6.38. The second-order valence-electron chi connectivity index (χ2n) is 9.52. The number of carbonyl (C=O) groups excluding carboxylic acids is 2. The number of halogens is 1. The number of hydrogen-bond donors (Lipinski definition) is 1. The normalized spacial score (nSPS) is 13.7. The molecule has 0 saturated carbocycles. The minimum absolute atomic E-state index is 0.0171. The molecule has 200 valence electrons. The molecule has 2 amide bonds. The molecule has 1 aliphatic rings. The first kappa shape index (κ1) is 26.9. The Morgan fingerprint density at radius 3 is 2.56 bits per heavy atom. The zero-order valence-corrected chi connectivity index (χ0v) is 23.3. The molecule has 0 atom stereocenters. The van der Waals surface area contributed by atoms with E-state index in [9.17, 15) is 9.59 Å². The average Bonchev–Trinajstić information content (AvgIpc) is 3.47. The minimum Gasteiger partial charge on any atom is -0.484 e. The van der Waals surface area contributed by atoms with Crippen LogP contribution in [0, 0.1) is 0 Å². The molecule has 1 saturated heterocycles. The van der Waals surface area contributed by atoms with E-state index in [1.54, 1.807) is 24.3 Å². The molecule has 1 aromatic heterocycles. The summed E-state index contributed by atoms with van der Waals surface area (Å²) in [5.74, 6) is 0.534. The van der Waals surface area contributed by atoms with Gasteiger partial charge in [0.15, 0.2) is 6.61 Å². The Morgan fingerprint density at radius 2 is 1.82 bits per heavy atom. The smallest absolute Gasteiger partial charge is 0.275 e. The Kier molecular flexibility index (Phi) is 8.59. The third-order valence-electron chi connectivity index (χ3n) is 6.96. The lowest BCUT2D eigenvalue weighted by Crippen LogP contribution is -2.40. The molecular weight excluding hydrogens is 530 g/mol. The number of nitrogens with zero attached hydrogens (tertiary/aromatic N) is 2. The molecule has 0 bridgehead atoms. The summed E-state index contributed by atoms with van der Waals surface area (Å²) >= 11 is 7.49. The third kappa shape index (κ3) is 6.67. The number of nitrogens with one attached hydrogen (secondary N) is 1. The van der Waals surface area contributed by atoms with Crippen LogP contribution in [-0.2, 0) is 11.2 Å². The molecule has 6 nitrogen and oxygen atoms in total. The molecule has 0 aliphatic carbocycles. The monoisotopic (exact) mass is 559 g/mol. The van der Waals surface area contributed by atoms with Crippen molar-refractivity contribution in [2.75, 3.05) is 25.0 Å². The number of thiazole rings is 1. The Hall–Kier alpha value is -3.68. The number of para-hydroxylation sites is 1. The first-order chi connectivity index (χ1) is 19.0. The number of rotatable bonds is 8. The Labute approximate surface area is 237 Å². The summed E-state index contributed by atoms with van der Waals surface area (Å²) in [6, 6.07) is 23.3. The van der Waals surface area contributed by atoms with Crippen LogP contribution >= 0.6 is 22.9 Å². The van der Waals surface area contributed by atoms with E-state index < -0.39 is 0 Å². The highest BCUT2D eigenvalue weighted by atomic mass is 35.5. The van der Waals surface area contributed by atoms with Gasteiger partial charge >= 0.3 is 0 Å². The Bertz CT molecular complexity index is 1450. The van der Waals surface area contributed by atoms with Crippen molar-refractivity contribution >= 4 is 40.4 Å². The van der Waals surface area contributed by atoms with Crippen LogP contribution in [0.4, 0.5) is 5.69 Å². The fourth-order valence-corrected chi connectivity index (χ4v) is 5.85. The molecule has 0 unspecified atom stereocenters. The maximum atomic E-state index is 13.1. The van der Waals surface area contributed by atoms with Gasteiger partial charge in [0.2, 0.25) is 0 Å². The molecule has 1 N–H and O–H groups in total. The van der Waals surface area contributed by atoms with Gasteiger partial charge in [0.1, 0.15) is 11.4 Å². The number of hydrogen-bond acceptors (Lipinski definition) is 5. The zero-order chi connectivity index (χ0) is 27.2. The van der Waals surface area contributed by atoms with Crippen LogP contribution in [0.5, 0.6) is 5.75 Å². The van der Waals surface area contributed by atoms with Gasteiger partial charge in [-0.05, 0) is 54.7 Å². The molecule has 39 heavy (non-hydrogen) atoms. The highest BCUT2D eigenvalue weighted by Gasteiger charge is 2.26. The van der Waals surface area contributed by atoms with Crippen LogP contribution in [0.1, 0.15) is 46.7 Å². The van der Waals surface area contributed by atoms with Crippen LogP contribution in [0.15, 0.2) is 78.2 Å². The van der Waals surface area contributed by atoms with Crippen molar-refractivity contribution in [1.29, 1.82) is 0 Å². The van der Waals surface area contributed by atoms with E-state index in [4.69, 9.17) is 16.3 Å². The van der Waals surface area contributed by atoms with E-state index in [2.05, 4.69) is 41.5 Å².